The van der Waals surface area contributed by atoms with E-state index in [0.717, 1.165) is 22.9 Å². The summed E-state index contributed by atoms with van der Waals surface area (Å²) in [4.78, 5) is 12.2. The zero-order valence-corrected chi connectivity index (χ0v) is 9.38. The molecular formula is C11H11NO3S. The Bertz CT molecular complexity index is 431. The van der Waals surface area contributed by atoms with E-state index in [-0.39, 0.29) is 12.0 Å². The molecule has 0 saturated carbocycles. The first-order valence-electron chi connectivity index (χ1n) is 5.12. The summed E-state index contributed by atoms with van der Waals surface area (Å²) in [6, 6.07) is 5.71. The van der Waals surface area contributed by atoms with E-state index in [1.807, 2.05) is 18.2 Å². The van der Waals surface area contributed by atoms with E-state index in [1.165, 1.54) is 11.8 Å². The highest BCUT2D eigenvalue weighted by Gasteiger charge is 2.23. The van der Waals surface area contributed by atoms with Crippen LogP contribution in [0.1, 0.15) is 0 Å². The lowest BCUT2D eigenvalue weighted by atomic mass is 10.3. The first-order valence-corrected chi connectivity index (χ1v) is 6.11. The summed E-state index contributed by atoms with van der Waals surface area (Å²) in [5, 5.41) is 2.82. The van der Waals surface area contributed by atoms with Gasteiger partial charge in [0, 0.05) is 4.90 Å². The topological polar surface area (TPSA) is 50.9 Å². The van der Waals surface area contributed by atoms with Gasteiger partial charge in [-0.15, -0.1) is 11.8 Å². The molecule has 0 bridgehead atoms. The third-order valence-electron chi connectivity index (χ3n) is 2.42. The van der Waals surface area contributed by atoms with Crippen LogP contribution in [0.25, 0.3) is 0 Å². The summed E-state index contributed by atoms with van der Waals surface area (Å²) < 4.78 is 10.6. The standard InChI is InChI=1S/C11H11NO3S/c13-11-6-16-10-3-7(1-2-9(10)12-11)14-4-8-5-15-8/h1-3,8H,4-6H2,(H,12,13). The van der Waals surface area contributed by atoms with E-state index >= 15 is 0 Å². The molecule has 1 saturated heterocycles. The van der Waals surface area contributed by atoms with Gasteiger partial charge in [0.25, 0.3) is 0 Å². The summed E-state index contributed by atoms with van der Waals surface area (Å²) in [5.41, 5.74) is 0.872. The summed E-state index contributed by atoms with van der Waals surface area (Å²) in [6.07, 6.45) is 0.267. The van der Waals surface area contributed by atoms with Crippen LogP contribution in [0, 0.1) is 0 Å². The number of carbonyl (C=O) groups is 1. The second-order valence-electron chi connectivity index (χ2n) is 3.76. The minimum Gasteiger partial charge on any atom is -0.491 e. The zero-order valence-electron chi connectivity index (χ0n) is 8.56. The van der Waals surface area contributed by atoms with Gasteiger partial charge in [0.15, 0.2) is 0 Å². The minimum absolute atomic E-state index is 0.0533. The average molecular weight is 237 g/mol. The van der Waals surface area contributed by atoms with Gasteiger partial charge < -0.3 is 14.8 Å². The van der Waals surface area contributed by atoms with Crippen molar-refractivity contribution in [3.63, 3.8) is 0 Å². The molecule has 0 spiro atoms. The van der Waals surface area contributed by atoms with Gasteiger partial charge in [-0.1, -0.05) is 0 Å². The number of epoxide rings is 1. The number of fused-ring (bicyclic) bond motifs is 1. The summed E-state index contributed by atoms with van der Waals surface area (Å²) in [6.45, 7) is 1.41. The molecule has 5 heteroatoms. The van der Waals surface area contributed by atoms with Crippen molar-refractivity contribution in [2.45, 2.75) is 11.0 Å². The Morgan fingerprint density at radius 3 is 3.25 bits per heavy atom. The van der Waals surface area contributed by atoms with E-state index in [2.05, 4.69) is 5.32 Å². The molecule has 0 radical (unpaired) electrons. The predicted molar refractivity (Wildman–Crippen MR) is 61.0 cm³/mol. The van der Waals surface area contributed by atoms with Crippen molar-refractivity contribution >= 4 is 23.4 Å². The maximum absolute atomic E-state index is 11.2. The number of hydrogen-bond acceptors (Lipinski definition) is 4. The molecule has 1 unspecified atom stereocenters. The Labute approximate surface area is 97.3 Å². The van der Waals surface area contributed by atoms with Crippen LogP contribution in [0.15, 0.2) is 23.1 Å². The van der Waals surface area contributed by atoms with E-state index in [9.17, 15) is 4.79 Å². The summed E-state index contributed by atoms with van der Waals surface area (Å²) in [5.74, 6) is 1.36. The van der Waals surface area contributed by atoms with Gasteiger partial charge in [-0.2, -0.15) is 0 Å². The fourth-order valence-corrected chi connectivity index (χ4v) is 2.33. The smallest absolute Gasteiger partial charge is 0.234 e. The van der Waals surface area contributed by atoms with Crippen LogP contribution < -0.4 is 10.1 Å². The SMILES string of the molecule is O=C1CSc2cc(OCC3CO3)ccc2N1. The van der Waals surface area contributed by atoms with Gasteiger partial charge in [-0.05, 0) is 18.2 Å². The van der Waals surface area contributed by atoms with Crippen molar-refractivity contribution in [1.29, 1.82) is 0 Å². The number of rotatable bonds is 3. The van der Waals surface area contributed by atoms with Gasteiger partial charge in [0.1, 0.15) is 18.5 Å². The van der Waals surface area contributed by atoms with Gasteiger partial charge in [-0.3, -0.25) is 4.79 Å². The number of anilines is 1. The highest BCUT2D eigenvalue weighted by molar-refractivity contribution is 8.00. The first kappa shape index (κ1) is 9.99. The van der Waals surface area contributed by atoms with Crippen molar-refractivity contribution < 1.29 is 14.3 Å². The maximum Gasteiger partial charge on any atom is 0.234 e. The molecular weight excluding hydrogens is 226 g/mol. The zero-order chi connectivity index (χ0) is 11.0. The molecule has 0 aromatic heterocycles. The van der Waals surface area contributed by atoms with Crippen molar-refractivity contribution in [3.05, 3.63) is 18.2 Å². The third-order valence-corrected chi connectivity index (χ3v) is 3.48. The largest absolute Gasteiger partial charge is 0.491 e. The fraction of sp³-hybridized carbons (Fsp3) is 0.364. The van der Waals surface area contributed by atoms with Crippen LogP contribution >= 0.6 is 11.8 Å². The molecule has 1 aromatic rings. The Hall–Kier alpha value is -1.20. The first-order chi connectivity index (χ1) is 7.81. The van der Waals surface area contributed by atoms with Gasteiger partial charge in [0.05, 0.1) is 18.0 Å². The molecule has 2 heterocycles. The number of benzene rings is 1. The number of hydrogen-bond donors (Lipinski definition) is 1. The molecule has 2 aliphatic rings. The number of nitrogens with one attached hydrogen (secondary N) is 1. The van der Waals surface area contributed by atoms with Crippen LogP contribution in [0.5, 0.6) is 5.75 Å². The highest BCUT2D eigenvalue weighted by atomic mass is 32.2. The summed E-state index contributed by atoms with van der Waals surface area (Å²) in [7, 11) is 0. The lowest BCUT2D eigenvalue weighted by Crippen LogP contribution is -2.18. The van der Waals surface area contributed by atoms with Crippen LogP contribution in [-0.2, 0) is 9.53 Å². The Kier molecular flexibility index (Phi) is 2.49. The molecule has 1 aromatic carbocycles. The fourth-order valence-electron chi connectivity index (χ4n) is 1.50. The van der Waals surface area contributed by atoms with Crippen molar-refractivity contribution in [2.24, 2.45) is 0 Å². The lowest BCUT2D eigenvalue weighted by molar-refractivity contribution is -0.113. The van der Waals surface area contributed by atoms with Crippen LogP contribution in [0.4, 0.5) is 5.69 Å². The molecule has 3 rings (SSSR count). The Balaban J connectivity index is 1.73. The molecule has 1 amide bonds. The second kappa shape index (κ2) is 3.99. The van der Waals surface area contributed by atoms with E-state index < -0.39 is 0 Å². The Morgan fingerprint density at radius 1 is 1.56 bits per heavy atom. The number of amides is 1. The highest BCUT2D eigenvalue weighted by Crippen LogP contribution is 2.34. The van der Waals surface area contributed by atoms with E-state index in [4.69, 9.17) is 9.47 Å². The lowest BCUT2D eigenvalue weighted by Gasteiger charge is -2.17. The number of thioether (sulfide) groups is 1. The van der Waals surface area contributed by atoms with E-state index in [1.54, 1.807) is 0 Å². The van der Waals surface area contributed by atoms with Crippen molar-refractivity contribution in [1.82, 2.24) is 0 Å². The number of carbonyl (C=O) groups excluding carboxylic acids is 1. The minimum atomic E-state index is 0.0533. The molecule has 1 N–H and O–H groups in total. The Morgan fingerprint density at radius 2 is 2.44 bits per heavy atom. The summed E-state index contributed by atoms with van der Waals surface area (Å²) >= 11 is 1.54. The normalized spacial score (nSPS) is 22.2. The molecule has 1 fully saturated rings. The molecule has 84 valence electrons. The average Bonchev–Trinajstić information content (AvgIpc) is 3.10. The molecule has 1 atom stereocenters. The molecule has 2 aliphatic heterocycles. The maximum atomic E-state index is 11.2. The van der Waals surface area contributed by atoms with E-state index in [0.29, 0.717) is 12.4 Å². The van der Waals surface area contributed by atoms with Crippen LogP contribution in [0.2, 0.25) is 0 Å². The quantitative estimate of drug-likeness (QED) is 0.810. The van der Waals surface area contributed by atoms with Gasteiger partial charge >= 0.3 is 0 Å². The monoisotopic (exact) mass is 237 g/mol. The predicted octanol–water partition coefficient (Wildman–Crippen LogP) is 1.51. The van der Waals surface area contributed by atoms with Gasteiger partial charge in [0.2, 0.25) is 5.91 Å². The third kappa shape index (κ3) is 2.15. The second-order valence-corrected chi connectivity index (χ2v) is 4.78. The van der Waals surface area contributed by atoms with Crippen molar-refractivity contribution in [3.8, 4) is 5.75 Å². The van der Waals surface area contributed by atoms with Crippen molar-refractivity contribution in [2.75, 3.05) is 24.3 Å². The molecule has 16 heavy (non-hydrogen) atoms. The van der Waals surface area contributed by atoms with Crippen LogP contribution in [-0.4, -0.2) is 31.0 Å². The molecule has 4 nitrogen and oxygen atoms in total. The van der Waals surface area contributed by atoms with Gasteiger partial charge in [-0.25, -0.2) is 0 Å². The number of ether oxygens (including phenoxy) is 2. The van der Waals surface area contributed by atoms with Crippen LogP contribution in [0.3, 0.4) is 0 Å². The molecule has 0 aliphatic carbocycles.